The Morgan fingerprint density at radius 3 is 3.05 bits per heavy atom. The van der Waals surface area contributed by atoms with Crippen LogP contribution in [0.4, 0.5) is 0 Å². The van der Waals surface area contributed by atoms with Crippen LogP contribution >= 0.6 is 0 Å². The molecule has 1 aliphatic heterocycles. The topological polar surface area (TPSA) is 81.0 Å². The van der Waals surface area contributed by atoms with E-state index >= 15 is 0 Å². The lowest BCUT2D eigenvalue weighted by atomic mass is 10.1. The highest BCUT2D eigenvalue weighted by Crippen LogP contribution is 2.29. The highest BCUT2D eigenvalue weighted by molar-refractivity contribution is 5.92. The molecule has 0 spiro atoms. The number of aromatic nitrogens is 3. The van der Waals surface area contributed by atoms with Crippen LogP contribution in [0.25, 0.3) is 22.4 Å². The second-order valence-corrected chi connectivity index (χ2v) is 5.61. The van der Waals surface area contributed by atoms with Crippen LogP contribution < -0.4 is 5.56 Å². The average molecular weight is 297 g/mol. The Kier molecular flexibility index (Phi) is 3.04. The van der Waals surface area contributed by atoms with Gasteiger partial charge in [0.15, 0.2) is 5.82 Å². The number of hydrogen-bond acceptors (Lipinski definition) is 5. The molecule has 1 saturated heterocycles. The molecule has 0 saturated carbocycles. The molecule has 0 amide bonds. The van der Waals surface area contributed by atoms with E-state index in [4.69, 9.17) is 9.26 Å². The highest BCUT2D eigenvalue weighted by Gasteiger charge is 2.24. The molecule has 2 aromatic heterocycles. The van der Waals surface area contributed by atoms with Gasteiger partial charge in [-0.05, 0) is 25.5 Å². The molecule has 1 aromatic carbocycles. The van der Waals surface area contributed by atoms with Crippen molar-refractivity contribution in [2.24, 2.45) is 0 Å². The van der Waals surface area contributed by atoms with Crippen LogP contribution in [0.5, 0.6) is 0 Å². The van der Waals surface area contributed by atoms with Gasteiger partial charge in [0, 0.05) is 29.5 Å². The molecule has 112 valence electrons. The molecule has 0 unspecified atom stereocenters. The van der Waals surface area contributed by atoms with Crippen molar-refractivity contribution in [2.45, 2.75) is 19.3 Å². The first-order valence-corrected chi connectivity index (χ1v) is 7.26. The van der Waals surface area contributed by atoms with Gasteiger partial charge in [0.1, 0.15) is 0 Å². The first-order chi connectivity index (χ1) is 10.7. The molecule has 6 heteroatoms. The second kappa shape index (κ2) is 5.06. The number of nitrogens with zero attached hydrogens (tertiary/aromatic N) is 2. The van der Waals surface area contributed by atoms with Crippen molar-refractivity contribution in [2.75, 3.05) is 13.2 Å². The largest absolute Gasteiger partial charge is 0.381 e. The monoisotopic (exact) mass is 297 g/mol. The normalized spacial score (nSPS) is 18.1. The summed E-state index contributed by atoms with van der Waals surface area (Å²) in [6.07, 6.45) is 0.897. The van der Waals surface area contributed by atoms with Crippen molar-refractivity contribution < 1.29 is 9.26 Å². The third-order valence-corrected chi connectivity index (χ3v) is 3.97. The van der Waals surface area contributed by atoms with Crippen molar-refractivity contribution in [3.05, 3.63) is 46.0 Å². The minimum Gasteiger partial charge on any atom is -0.381 e. The first-order valence-electron chi connectivity index (χ1n) is 7.26. The number of ether oxygens (including phenoxy) is 1. The van der Waals surface area contributed by atoms with E-state index in [1.54, 1.807) is 0 Å². The van der Waals surface area contributed by atoms with Crippen molar-refractivity contribution >= 4 is 10.9 Å². The standard InChI is InChI=1S/C16H15N3O3/c1-9-2-3-13-11(6-9)12(7-14(20)17-13)16-18-15(19-22-16)10-4-5-21-8-10/h2-3,6-7,10H,4-5,8H2,1H3,(H,17,20)/t10-/m1/s1. The van der Waals surface area contributed by atoms with E-state index < -0.39 is 0 Å². The van der Waals surface area contributed by atoms with E-state index in [2.05, 4.69) is 15.1 Å². The Balaban J connectivity index is 1.86. The molecule has 0 aliphatic carbocycles. The summed E-state index contributed by atoms with van der Waals surface area (Å²) in [6.45, 7) is 3.35. The summed E-state index contributed by atoms with van der Waals surface area (Å²) in [5, 5.41) is 4.96. The van der Waals surface area contributed by atoms with Gasteiger partial charge in [-0.25, -0.2) is 0 Å². The zero-order chi connectivity index (χ0) is 15.1. The van der Waals surface area contributed by atoms with Crippen LogP contribution in [0.3, 0.4) is 0 Å². The summed E-state index contributed by atoms with van der Waals surface area (Å²) < 4.78 is 10.8. The van der Waals surface area contributed by atoms with E-state index in [0.29, 0.717) is 23.9 Å². The number of aryl methyl sites for hydroxylation is 1. The lowest BCUT2D eigenvalue weighted by Crippen LogP contribution is -2.05. The quantitative estimate of drug-likeness (QED) is 0.785. The Hall–Kier alpha value is -2.47. The number of rotatable bonds is 2. The fraction of sp³-hybridized carbons (Fsp3) is 0.312. The van der Waals surface area contributed by atoms with Gasteiger partial charge in [0.05, 0.1) is 12.2 Å². The Bertz CT molecular complexity index is 891. The molecule has 1 fully saturated rings. The summed E-state index contributed by atoms with van der Waals surface area (Å²) in [7, 11) is 0. The molecule has 1 atom stereocenters. The Morgan fingerprint density at radius 1 is 1.32 bits per heavy atom. The molecule has 3 aromatic rings. The van der Waals surface area contributed by atoms with Crippen LogP contribution in [-0.4, -0.2) is 28.3 Å². The van der Waals surface area contributed by atoms with Crippen LogP contribution in [0, 0.1) is 6.92 Å². The lowest BCUT2D eigenvalue weighted by molar-refractivity contribution is 0.192. The predicted octanol–water partition coefficient (Wildman–Crippen LogP) is 2.39. The number of fused-ring (bicyclic) bond motifs is 1. The zero-order valence-corrected chi connectivity index (χ0v) is 12.1. The third-order valence-electron chi connectivity index (χ3n) is 3.97. The van der Waals surface area contributed by atoms with Gasteiger partial charge in [0.2, 0.25) is 5.56 Å². The first kappa shape index (κ1) is 13.2. The van der Waals surface area contributed by atoms with E-state index in [-0.39, 0.29) is 11.5 Å². The summed E-state index contributed by atoms with van der Waals surface area (Å²) in [6, 6.07) is 7.35. The van der Waals surface area contributed by atoms with Crippen molar-refractivity contribution in [3.8, 4) is 11.5 Å². The zero-order valence-electron chi connectivity index (χ0n) is 12.1. The fourth-order valence-electron chi connectivity index (χ4n) is 2.79. The molecule has 22 heavy (non-hydrogen) atoms. The predicted molar refractivity (Wildman–Crippen MR) is 80.8 cm³/mol. The molecule has 0 bridgehead atoms. The van der Waals surface area contributed by atoms with Gasteiger partial charge in [-0.2, -0.15) is 4.98 Å². The molecular formula is C16H15N3O3. The smallest absolute Gasteiger partial charge is 0.258 e. The molecule has 1 N–H and O–H groups in total. The average Bonchev–Trinajstić information content (AvgIpc) is 3.17. The highest BCUT2D eigenvalue weighted by atomic mass is 16.5. The summed E-state index contributed by atoms with van der Waals surface area (Å²) in [5.41, 5.74) is 2.34. The maximum Gasteiger partial charge on any atom is 0.258 e. The van der Waals surface area contributed by atoms with E-state index in [0.717, 1.165) is 29.5 Å². The van der Waals surface area contributed by atoms with Gasteiger partial charge in [-0.3, -0.25) is 4.79 Å². The van der Waals surface area contributed by atoms with E-state index in [1.165, 1.54) is 6.07 Å². The van der Waals surface area contributed by atoms with Crippen LogP contribution in [0.2, 0.25) is 0 Å². The molecule has 4 rings (SSSR count). The maximum absolute atomic E-state index is 11.9. The van der Waals surface area contributed by atoms with Crippen LogP contribution in [0.15, 0.2) is 33.6 Å². The number of aromatic amines is 1. The van der Waals surface area contributed by atoms with Crippen LogP contribution in [0.1, 0.15) is 23.7 Å². The van der Waals surface area contributed by atoms with Gasteiger partial charge in [0.25, 0.3) is 5.89 Å². The van der Waals surface area contributed by atoms with Crippen molar-refractivity contribution in [3.63, 3.8) is 0 Å². The minimum atomic E-state index is -0.185. The van der Waals surface area contributed by atoms with Crippen LogP contribution in [-0.2, 0) is 4.74 Å². The Morgan fingerprint density at radius 2 is 2.23 bits per heavy atom. The Labute approximate surface area is 126 Å². The molecule has 1 aliphatic rings. The second-order valence-electron chi connectivity index (χ2n) is 5.61. The lowest BCUT2D eigenvalue weighted by Gasteiger charge is -2.03. The number of hydrogen-bond donors (Lipinski definition) is 1. The molecule has 3 heterocycles. The van der Waals surface area contributed by atoms with Crippen molar-refractivity contribution in [1.82, 2.24) is 15.1 Å². The number of benzene rings is 1. The SMILES string of the molecule is Cc1ccc2[nH]c(=O)cc(-c3nc([C@@H]4CCOC4)no3)c2c1. The minimum absolute atomic E-state index is 0.174. The van der Waals surface area contributed by atoms with E-state index in [9.17, 15) is 4.79 Å². The summed E-state index contributed by atoms with van der Waals surface area (Å²) in [4.78, 5) is 19.2. The van der Waals surface area contributed by atoms with Gasteiger partial charge in [-0.1, -0.05) is 16.8 Å². The van der Waals surface area contributed by atoms with Gasteiger partial charge >= 0.3 is 0 Å². The number of H-pyrrole nitrogens is 1. The molecular weight excluding hydrogens is 282 g/mol. The number of nitrogens with one attached hydrogen (secondary N) is 1. The molecule has 0 radical (unpaired) electrons. The summed E-state index contributed by atoms with van der Waals surface area (Å²) in [5.74, 6) is 1.20. The third kappa shape index (κ3) is 2.21. The molecule has 6 nitrogen and oxygen atoms in total. The fourth-order valence-corrected chi connectivity index (χ4v) is 2.79. The maximum atomic E-state index is 11.9. The van der Waals surface area contributed by atoms with Crippen molar-refractivity contribution in [1.29, 1.82) is 0 Å². The van der Waals surface area contributed by atoms with Gasteiger partial charge in [-0.15, -0.1) is 0 Å². The van der Waals surface area contributed by atoms with E-state index in [1.807, 2.05) is 25.1 Å². The number of pyridine rings is 1. The summed E-state index contributed by atoms with van der Waals surface area (Å²) >= 11 is 0. The van der Waals surface area contributed by atoms with Gasteiger partial charge < -0.3 is 14.2 Å².